The van der Waals surface area contributed by atoms with E-state index in [1.54, 1.807) is 0 Å². The molecule has 0 aliphatic rings. The Morgan fingerprint density at radius 1 is 0.818 bits per heavy atom. The third-order valence-electron chi connectivity index (χ3n) is 0.612. The predicted octanol–water partition coefficient (Wildman–Crippen LogP) is 2.42. The van der Waals surface area contributed by atoms with Gasteiger partial charge in [-0.05, 0) is 41.5 Å². The van der Waals surface area contributed by atoms with Crippen LogP contribution in [-0.4, -0.2) is 18.0 Å². The van der Waals surface area contributed by atoms with Crippen LogP contribution in [0.15, 0.2) is 0 Å². The van der Waals surface area contributed by atoms with Crippen molar-refractivity contribution in [2.24, 2.45) is 0 Å². The van der Waals surface area contributed by atoms with Crippen LogP contribution in [-0.2, 0) is 9.53 Å². The molecule has 0 saturated heterocycles. The lowest BCUT2D eigenvalue weighted by Gasteiger charge is -2.30. The van der Waals surface area contributed by atoms with Crippen molar-refractivity contribution in [3.63, 3.8) is 0 Å². The van der Waals surface area contributed by atoms with Crippen LogP contribution < -0.4 is 0 Å². The van der Waals surface area contributed by atoms with E-state index in [0.29, 0.717) is 0 Å². The smallest absolute Gasteiger partial charge is 0.106 e. The number of ether oxygens (including phenoxy) is 1. The lowest BCUT2D eigenvalue weighted by atomic mass is 10.1. The minimum Gasteiger partial charge on any atom is -0.370 e. The van der Waals surface area contributed by atoms with Crippen molar-refractivity contribution < 1.29 is 9.53 Å². The second-order valence-electron chi connectivity index (χ2n) is 4.33. The largest absolute Gasteiger partial charge is 0.370 e. The number of carbonyl (C=O) groups excluding carboxylic acids is 1. The van der Waals surface area contributed by atoms with Gasteiger partial charge in [0.2, 0.25) is 0 Å². The molecule has 0 amide bonds. The highest BCUT2D eigenvalue weighted by atomic mass is 16.5. The Bertz CT molecular complexity index is 83.1. The number of rotatable bonds is 0. The molecule has 0 rings (SSSR count). The Morgan fingerprint density at radius 3 is 1.00 bits per heavy atom. The topological polar surface area (TPSA) is 26.3 Å². The van der Waals surface area contributed by atoms with E-state index in [-0.39, 0.29) is 11.2 Å². The molecule has 0 aliphatic carbocycles. The highest BCUT2D eigenvalue weighted by molar-refractivity contribution is 5.10. The summed E-state index contributed by atoms with van der Waals surface area (Å²) in [6.45, 7) is 14.4. The third kappa shape index (κ3) is 17.7. The van der Waals surface area contributed by atoms with Crippen LogP contribution >= 0.6 is 0 Å². The van der Waals surface area contributed by atoms with Crippen molar-refractivity contribution in [3.05, 3.63) is 0 Å². The summed E-state index contributed by atoms with van der Waals surface area (Å²) in [5.74, 6) is 0. The van der Waals surface area contributed by atoms with Crippen LogP contribution in [0.25, 0.3) is 0 Å². The zero-order valence-electron chi connectivity index (χ0n) is 8.52. The number of carbonyl (C=O) groups is 1. The van der Waals surface area contributed by atoms with Gasteiger partial charge in [-0.15, -0.1) is 0 Å². The summed E-state index contributed by atoms with van der Waals surface area (Å²) in [4.78, 5) is 8.00. The fourth-order valence-electron chi connectivity index (χ4n) is 0.919. The molecule has 0 atom stereocenters. The van der Waals surface area contributed by atoms with E-state index in [1.165, 1.54) is 0 Å². The monoisotopic (exact) mass is 160 g/mol. The van der Waals surface area contributed by atoms with Crippen molar-refractivity contribution in [3.8, 4) is 0 Å². The fourth-order valence-corrected chi connectivity index (χ4v) is 0.919. The number of hydrogen-bond acceptors (Lipinski definition) is 2. The zero-order valence-corrected chi connectivity index (χ0v) is 8.52. The van der Waals surface area contributed by atoms with E-state index in [0.717, 1.165) is 0 Å². The normalized spacial score (nSPS) is 11.8. The van der Waals surface area contributed by atoms with Crippen LogP contribution in [0, 0.1) is 0 Å². The van der Waals surface area contributed by atoms with Gasteiger partial charge in [-0.1, -0.05) is 0 Å². The van der Waals surface area contributed by atoms with Gasteiger partial charge in [0.15, 0.2) is 0 Å². The van der Waals surface area contributed by atoms with E-state index in [4.69, 9.17) is 9.53 Å². The van der Waals surface area contributed by atoms with Crippen LogP contribution in [0.1, 0.15) is 41.5 Å². The third-order valence-corrected chi connectivity index (χ3v) is 0.612. The second kappa shape index (κ2) is 4.50. The predicted molar refractivity (Wildman–Crippen MR) is 47.7 cm³/mol. The maximum Gasteiger partial charge on any atom is 0.106 e. The van der Waals surface area contributed by atoms with Gasteiger partial charge >= 0.3 is 0 Å². The highest BCUT2D eigenvalue weighted by Crippen LogP contribution is 2.17. The van der Waals surface area contributed by atoms with Gasteiger partial charge in [0.05, 0.1) is 11.2 Å². The molecule has 0 N–H and O–H groups in total. The van der Waals surface area contributed by atoms with E-state index < -0.39 is 0 Å². The summed E-state index contributed by atoms with van der Waals surface area (Å²) in [6.07, 6.45) is 0. The van der Waals surface area contributed by atoms with E-state index in [2.05, 4.69) is 41.5 Å². The van der Waals surface area contributed by atoms with E-state index >= 15 is 0 Å². The summed E-state index contributed by atoms with van der Waals surface area (Å²) >= 11 is 0. The standard InChI is InChI=1S/C8H18O.CH2O/c1-7(2,3)9-8(4,5)6;1-2/h1-6H3;1H2. The lowest BCUT2D eigenvalue weighted by Crippen LogP contribution is -2.31. The van der Waals surface area contributed by atoms with Gasteiger partial charge < -0.3 is 9.53 Å². The molecule has 0 aromatic heterocycles. The van der Waals surface area contributed by atoms with Gasteiger partial charge in [0, 0.05) is 0 Å². The molecule has 2 heteroatoms. The highest BCUT2D eigenvalue weighted by Gasteiger charge is 2.19. The van der Waals surface area contributed by atoms with Gasteiger partial charge in [0.25, 0.3) is 0 Å². The van der Waals surface area contributed by atoms with Crippen LogP contribution in [0.2, 0.25) is 0 Å². The molecule has 0 aromatic rings. The van der Waals surface area contributed by atoms with Crippen molar-refractivity contribution in [1.82, 2.24) is 0 Å². The molecule has 68 valence electrons. The van der Waals surface area contributed by atoms with Crippen LogP contribution in [0.4, 0.5) is 0 Å². The summed E-state index contributed by atoms with van der Waals surface area (Å²) < 4.78 is 5.62. The Kier molecular flexibility index (Phi) is 5.41. The van der Waals surface area contributed by atoms with Crippen LogP contribution in [0.3, 0.4) is 0 Å². The van der Waals surface area contributed by atoms with Gasteiger partial charge in [-0.25, -0.2) is 0 Å². The zero-order chi connectivity index (χ0) is 9.71. The molecule has 11 heavy (non-hydrogen) atoms. The summed E-state index contributed by atoms with van der Waals surface area (Å²) in [5, 5.41) is 0. The van der Waals surface area contributed by atoms with Crippen molar-refractivity contribution >= 4 is 6.79 Å². The van der Waals surface area contributed by atoms with E-state index in [1.807, 2.05) is 6.79 Å². The van der Waals surface area contributed by atoms with E-state index in [9.17, 15) is 0 Å². The molecule has 0 unspecified atom stereocenters. The molecule has 0 heterocycles. The Hall–Kier alpha value is -0.370. The molecular weight excluding hydrogens is 140 g/mol. The van der Waals surface area contributed by atoms with Gasteiger partial charge in [-0.2, -0.15) is 0 Å². The molecule has 0 fully saturated rings. The van der Waals surface area contributed by atoms with Gasteiger partial charge in [-0.3, -0.25) is 0 Å². The van der Waals surface area contributed by atoms with Gasteiger partial charge in [0.1, 0.15) is 6.79 Å². The molecule has 0 saturated carbocycles. The van der Waals surface area contributed by atoms with Crippen molar-refractivity contribution in [2.75, 3.05) is 0 Å². The lowest BCUT2D eigenvalue weighted by molar-refractivity contribution is -0.102. The van der Waals surface area contributed by atoms with Crippen molar-refractivity contribution in [1.29, 1.82) is 0 Å². The summed E-state index contributed by atoms with van der Waals surface area (Å²) in [6, 6.07) is 0. The maximum atomic E-state index is 8.00. The number of hydrogen-bond donors (Lipinski definition) is 0. The summed E-state index contributed by atoms with van der Waals surface area (Å²) in [7, 11) is 0. The first-order chi connectivity index (χ1) is 4.71. The molecule has 0 bridgehead atoms. The average molecular weight is 160 g/mol. The maximum absolute atomic E-state index is 8.00. The molecule has 0 radical (unpaired) electrons. The molecule has 2 nitrogen and oxygen atoms in total. The Balaban J connectivity index is 0. The second-order valence-corrected chi connectivity index (χ2v) is 4.33. The SMILES string of the molecule is C=O.CC(C)(C)OC(C)(C)C. The Labute approximate surface area is 69.9 Å². The Morgan fingerprint density at radius 2 is 1.00 bits per heavy atom. The quantitative estimate of drug-likeness (QED) is 0.544. The average Bonchev–Trinajstić information content (AvgIpc) is 1.60. The fraction of sp³-hybridized carbons (Fsp3) is 0.889. The molecule has 0 aliphatic heterocycles. The first-order valence-corrected chi connectivity index (χ1v) is 3.70. The molecule has 0 aromatic carbocycles. The van der Waals surface area contributed by atoms with Crippen molar-refractivity contribution in [2.45, 2.75) is 52.7 Å². The molecule has 0 spiro atoms. The summed E-state index contributed by atoms with van der Waals surface area (Å²) in [5.41, 5.74) is -0.0312. The van der Waals surface area contributed by atoms with Crippen LogP contribution in [0.5, 0.6) is 0 Å². The first-order valence-electron chi connectivity index (χ1n) is 3.70. The molecular formula is C9H20O2. The minimum absolute atomic E-state index is 0.0156. The first kappa shape index (κ1) is 13.2. The minimum atomic E-state index is -0.0156.